The Bertz CT molecular complexity index is 328. The van der Waals surface area contributed by atoms with Gasteiger partial charge in [-0.25, -0.2) is 0 Å². The highest BCUT2D eigenvalue weighted by molar-refractivity contribution is 5.02. The molecule has 2 N–H and O–H groups in total. The van der Waals surface area contributed by atoms with Gasteiger partial charge in [0.2, 0.25) is 0 Å². The normalized spacial score (nSPS) is 33.3. The molecular weight excluding hydrogens is 246 g/mol. The van der Waals surface area contributed by atoms with Crippen LogP contribution in [0.4, 0.5) is 0 Å². The average Bonchev–Trinajstić information content (AvgIpc) is 2.85. The van der Waals surface area contributed by atoms with E-state index in [0.717, 1.165) is 12.5 Å². The van der Waals surface area contributed by atoms with E-state index in [1.165, 1.54) is 64.2 Å². The van der Waals surface area contributed by atoms with Crippen molar-refractivity contribution in [2.45, 2.75) is 89.7 Å². The molecule has 3 fully saturated rings. The molecule has 0 aromatic heterocycles. The van der Waals surface area contributed by atoms with Crippen LogP contribution in [0.3, 0.4) is 0 Å². The Hall–Kier alpha value is -0.0800. The van der Waals surface area contributed by atoms with Crippen LogP contribution in [0.2, 0.25) is 0 Å². The van der Waals surface area contributed by atoms with Gasteiger partial charge in [-0.15, -0.1) is 0 Å². The molecule has 2 saturated carbocycles. The molecule has 0 bridgehead atoms. The van der Waals surface area contributed by atoms with Crippen molar-refractivity contribution in [1.82, 2.24) is 0 Å². The smallest absolute Gasteiger partial charge is 0.0685 e. The highest BCUT2D eigenvalue weighted by Crippen LogP contribution is 2.51. The second-order valence-corrected chi connectivity index (χ2v) is 8.33. The van der Waals surface area contributed by atoms with E-state index in [9.17, 15) is 0 Å². The lowest BCUT2D eigenvalue weighted by Gasteiger charge is -2.51. The van der Waals surface area contributed by atoms with Crippen molar-refractivity contribution < 1.29 is 4.74 Å². The fourth-order valence-electron chi connectivity index (χ4n) is 5.36. The lowest BCUT2D eigenvalue weighted by Crippen LogP contribution is -2.53. The summed E-state index contributed by atoms with van der Waals surface area (Å²) in [5.41, 5.74) is 7.58. The number of hydrogen-bond acceptors (Lipinski definition) is 2. The third kappa shape index (κ3) is 2.66. The predicted molar refractivity (Wildman–Crippen MR) is 83.6 cm³/mol. The molecule has 20 heavy (non-hydrogen) atoms. The molecule has 2 heteroatoms. The number of ether oxygens (including phenoxy) is 1. The minimum Gasteiger partial charge on any atom is -0.375 e. The van der Waals surface area contributed by atoms with Crippen LogP contribution in [-0.4, -0.2) is 18.2 Å². The number of hydrogen-bond donors (Lipinski definition) is 1. The lowest BCUT2D eigenvalue weighted by molar-refractivity contribution is -0.150. The van der Waals surface area contributed by atoms with Crippen molar-refractivity contribution >= 4 is 0 Å². The molecule has 0 aromatic carbocycles. The lowest BCUT2D eigenvalue weighted by atomic mass is 9.63. The van der Waals surface area contributed by atoms with Crippen LogP contribution < -0.4 is 5.73 Å². The van der Waals surface area contributed by atoms with Gasteiger partial charge in [0.05, 0.1) is 5.60 Å². The average molecular weight is 279 g/mol. The summed E-state index contributed by atoms with van der Waals surface area (Å²) in [6.07, 6.45) is 13.2. The summed E-state index contributed by atoms with van der Waals surface area (Å²) in [4.78, 5) is 0. The Morgan fingerprint density at radius 2 is 1.80 bits per heavy atom. The fourth-order valence-corrected chi connectivity index (χ4v) is 5.36. The molecule has 2 nitrogen and oxygen atoms in total. The van der Waals surface area contributed by atoms with Crippen molar-refractivity contribution in [3.8, 4) is 0 Å². The van der Waals surface area contributed by atoms with Crippen LogP contribution in [0.5, 0.6) is 0 Å². The summed E-state index contributed by atoms with van der Waals surface area (Å²) < 4.78 is 6.10. The van der Waals surface area contributed by atoms with Crippen LogP contribution in [0.1, 0.15) is 78.1 Å². The van der Waals surface area contributed by atoms with Gasteiger partial charge in [0.25, 0.3) is 0 Å². The maximum absolute atomic E-state index is 6.88. The Balaban J connectivity index is 1.70. The summed E-state index contributed by atoms with van der Waals surface area (Å²) in [7, 11) is 0. The van der Waals surface area contributed by atoms with E-state index in [0.29, 0.717) is 17.4 Å². The van der Waals surface area contributed by atoms with Crippen molar-refractivity contribution in [3.63, 3.8) is 0 Å². The topological polar surface area (TPSA) is 35.2 Å². The van der Waals surface area contributed by atoms with Gasteiger partial charge in [-0.1, -0.05) is 26.7 Å². The van der Waals surface area contributed by atoms with Gasteiger partial charge in [-0.05, 0) is 68.6 Å². The van der Waals surface area contributed by atoms with Gasteiger partial charge < -0.3 is 10.5 Å². The second kappa shape index (κ2) is 5.61. The first-order valence-electron chi connectivity index (χ1n) is 8.95. The monoisotopic (exact) mass is 279 g/mol. The zero-order valence-electron chi connectivity index (χ0n) is 13.5. The molecule has 1 saturated heterocycles. The number of nitrogens with two attached hydrogens (primary N) is 1. The molecule has 1 spiro atoms. The van der Waals surface area contributed by atoms with E-state index in [4.69, 9.17) is 10.5 Å². The molecule has 1 heterocycles. The number of rotatable bonds is 4. The molecule has 116 valence electrons. The third-order valence-corrected chi connectivity index (χ3v) is 6.42. The summed E-state index contributed by atoms with van der Waals surface area (Å²) in [5.74, 6) is 1.48. The largest absolute Gasteiger partial charge is 0.375 e. The maximum atomic E-state index is 6.88. The first kappa shape index (κ1) is 14.8. The highest BCUT2D eigenvalue weighted by atomic mass is 16.5. The van der Waals surface area contributed by atoms with Gasteiger partial charge >= 0.3 is 0 Å². The van der Waals surface area contributed by atoms with Crippen LogP contribution in [0.15, 0.2) is 0 Å². The molecule has 3 rings (SSSR count). The molecule has 0 radical (unpaired) electrons. The molecule has 1 aliphatic heterocycles. The molecule has 2 aliphatic carbocycles. The van der Waals surface area contributed by atoms with E-state index >= 15 is 0 Å². The van der Waals surface area contributed by atoms with E-state index in [-0.39, 0.29) is 5.60 Å². The van der Waals surface area contributed by atoms with Crippen LogP contribution in [-0.2, 0) is 4.74 Å². The van der Waals surface area contributed by atoms with Crippen LogP contribution >= 0.6 is 0 Å². The maximum Gasteiger partial charge on any atom is 0.0685 e. The van der Waals surface area contributed by atoms with Crippen molar-refractivity contribution in [3.05, 3.63) is 0 Å². The van der Waals surface area contributed by atoms with Crippen molar-refractivity contribution in [2.24, 2.45) is 23.0 Å². The molecular formula is C18H33NO. The standard InChI is InChI=1S/C18H33NO/c1-14(2)12-17(7-3-4-8-17)16(19)15-6-11-20-18(13-15)9-5-10-18/h14-16H,3-13,19H2,1-2H3. The first-order valence-corrected chi connectivity index (χ1v) is 8.95. The highest BCUT2D eigenvalue weighted by Gasteiger charge is 2.49. The van der Waals surface area contributed by atoms with Gasteiger partial charge in [-0.2, -0.15) is 0 Å². The van der Waals surface area contributed by atoms with E-state index in [2.05, 4.69) is 13.8 Å². The minimum atomic E-state index is 0.248. The van der Waals surface area contributed by atoms with Crippen molar-refractivity contribution in [2.75, 3.05) is 6.61 Å². The summed E-state index contributed by atoms with van der Waals surface area (Å²) in [5, 5.41) is 0. The molecule has 2 atom stereocenters. The van der Waals surface area contributed by atoms with Gasteiger partial charge in [0, 0.05) is 12.6 Å². The minimum absolute atomic E-state index is 0.248. The predicted octanol–water partition coefficient (Wildman–Crippen LogP) is 4.27. The molecule has 2 unspecified atom stereocenters. The van der Waals surface area contributed by atoms with E-state index < -0.39 is 0 Å². The summed E-state index contributed by atoms with van der Waals surface area (Å²) in [6.45, 7) is 5.69. The zero-order valence-corrected chi connectivity index (χ0v) is 13.5. The van der Waals surface area contributed by atoms with Crippen LogP contribution in [0.25, 0.3) is 0 Å². The zero-order chi connectivity index (χ0) is 14.2. The molecule has 0 aromatic rings. The Labute approximate surface area is 124 Å². The van der Waals surface area contributed by atoms with Gasteiger partial charge in [-0.3, -0.25) is 0 Å². The molecule has 3 aliphatic rings. The van der Waals surface area contributed by atoms with E-state index in [1.807, 2.05) is 0 Å². The Morgan fingerprint density at radius 1 is 1.10 bits per heavy atom. The van der Waals surface area contributed by atoms with Gasteiger partial charge in [0.1, 0.15) is 0 Å². The first-order chi connectivity index (χ1) is 9.55. The quantitative estimate of drug-likeness (QED) is 0.834. The summed E-state index contributed by atoms with van der Waals surface area (Å²) in [6, 6.07) is 0.411. The van der Waals surface area contributed by atoms with Gasteiger partial charge in [0.15, 0.2) is 0 Å². The Morgan fingerprint density at radius 3 is 2.35 bits per heavy atom. The Kier molecular flexibility index (Phi) is 4.16. The van der Waals surface area contributed by atoms with E-state index in [1.54, 1.807) is 0 Å². The SMILES string of the molecule is CC(C)CC1(C(N)C2CCOC3(CCC3)C2)CCCC1. The second-order valence-electron chi connectivity index (χ2n) is 8.33. The van der Waals surface area contributed by atoms with Crippen LogP contribution in [0, 0.1) is 17.3 Å². The fraction of sp³-hybridized carbons (Fsp3) is 1.00. The third-order valence-electron chi connectivity index (χ3n) is 6.42. The summed E-state index contributed by atoms with van der Waals surface area (Å²) >= 11 is 0. The van der Waals surface area contributed by atoms with Crippen molar-refractivity contribution in [1.29, 1.82) is 0 Å². The molecule has 0 amide bonds.